The molecule has 4 rings (SSSR count). The lowest BCUT2D eigenvalue weighted by Gasteiger charge is -2.32. The van der Waals surface area contributed by atoms with Crippen LogP contribution in [0, 0.1) is 0 Å². The lowest BCUT2D eigenvalue weighted by atomic mass is 9.90. The molecule has 1 aromatic heterocycles. The number of aryl methyl sites for hydroxylation is 1. The van der Waals surface area contributed by atoms with Gasteiger partial charge in [-0.3, -0.25) is 14.7 Å². The summed E-state index contributed by atoms with van der Waals surface area (Å²) >= 11 is 0. The highest BCUT2D eigenvalue weighted by molar-refractivity contribution is 6.06. The Morgan fingerprint density at radius 2 is 1.69 bits per heavy atom. The van der Waals surface area contributed by atoms with E-state index in [9.17, 15) is 9.59 Å². The van der Waals surface area contributed by atoms with E-state index < -0.39 is 0 Å². The fourth-order valence-electron chi connectivity index (χ4n) is 4.45. The minimum Gasteiger partial charge on any atom is -0.343 e. The Bertz CT molecular complexity index is 1020. The van der Waals surface area contributed by atoms with Crippen molar-refractivity contribution in [2.24, 2.45) is 0 Å². The van der Waals surface area contributed by atoms with E-state index in [4.69, 9.17) is 0 Å². The molecule has 0 bridgehead atoms. The van der Waals surface area contributed by atoms with Gasteiger partial charge in [-0.15, -0.1) is 0 Å². The Morgan fingerprint density at radius 1 is 1.03 bits per heavy atom. The van der Waals surface area contributed by atoms with E-state index in [1.54, 1.807) is 11.1 Å². The standard InChI is InChI=1S/C26H30N4O2/c1-2-30(22-11-7-4-8-12-22)26(32)23-19-27-28-25(23)21-15-17-29(18-16-21)24(31)14-13-20-9-5-3-6-10-20/h3-12,19,21H,2,13-18H2,1H3,(H,27,28). The third kappa shape index (κ3) is 4.90. The van der Waals surface area contributed by atoms with Gasteiger partial charge >= 0.3 is 0 Å². The number of aromatic amines is 1. The maximum atomic E-state index is 13.3. The smallest absolute Gasteiger partial charge is 0.261 e. The molecule has 1 saturated heterocycles. The molecule has 3 aromatic rings. The molecule has 2 heterocycles. The average Bonchev–Trinajstić information content (AvgIpc) is 3.34. The number of nitrogens with one attached hydrogen (secondary N) is 1. The highest BCUT2D eigenvalue weighted by atomic mass is 16.2. The topological polar surface area (TPSA) is 69.3 Å². The molecule has 0 aliphatic carbocycles. The van der Waals surface area contributed by atoms with Crippen LogP contribution in [0.2, 0.25) is 0 Å². The Labute approximate surface area is 189 Å². The first-order chi connectivity index (χ1) is 15.7. The summed E-state index contributed by atoms with van der Waals surface area (Å²) in [5.74, 6) is 0.363. The normalized spacial score (nSPS) is 14.3. The highest BCUT2D eigenvalue weighted by Crippen LogP contribution is 2.30. The van der Waals surface area contributed by atoms with Gasteiger partial charge in [0.25, 0.3) is 5.91 Å². The molecule has 0 atom stereocenters. The van der Waals surface area contributed by atoms with E-state index in [1.807, 2.05) is 60.4 Å². The molecule has 0 unspecified atom stereocenters. The lowest BCUT2D eigenvalue weighted by Crippen LogP contribution is -2.38. The van der Waals surface area contributed by atoms with Crippen molar-refractivity contribution in [3.63, 3.8) is 0 Å². The van der Waals surface area contributed by atoms with Gasteiger partial charge in [0.15, 0.2) is 0 Å². The van der Waals surface area contributed by atoms with E-state index >= 15 is 0 Å². The first kappa shape index (κ1) is 21.8. The zero-order valence-corrected chi connectivity index (χ0v) is 18.5. The van der Waals surface area contributed by atoms with Crippen LogP contribution in [0.4, 0.5) is 5.69 Å². The number of piperidine rings is 1. The van der Waals surface area contributed by atoms with E-state index in [1.165, 1.54) is 5.56 Å². The van der Waals surface area contributed by atoms with Gasteiger partial charge in [-0.25, -0.2) is 0 Å². The van der Waals surface area contributed by atoms with Crippen LogP contribution < -0.4 is 4.90 Å². The van der Waals surface area contributed by atoms with Crippen LogP contribution in [-0.2, 0) is 11.2 Å². The minimum absolute atomic E-state index is 0.0381. The number of hydrogen-bond acceptors (Lipinski definition) is 3. The van der Waals surface area contributed by atoms with E-state index in [-0.39, 0.29) is 17.7 Å². The lowest BCUT2D eigenvalue weighted by molar-refractivity contribution is -0.132. The molecule has 0 spiro atoms. The maximum Gasteiger partial charge on any atom is 0.261 e. The molecule has 2 amide bonds. The third-order valence-electron chi connectivity index (χ3n) is 6.25. The van der Waals surface area contributed by atoms with Crippen LogP contribution in [0.5, 0.6) is 0 Å². The van der Waals surface area contributed by atoms with Gasteiger partial charge in [-0.05, 0) is 43.9 Å². The Balaban J connectivity index is 1.37. The van der Waals surface area contributed by atoms with E-state index in [0.717, 1.165) is 30.6 Å². The number of amides is 2. The fraction of sp³-hybridized carbons (Fsp3) is 0.346. The minimum atomic E-state index is -0.0381. The third-order valence-corrected chi connectivity index (χ3v) is 6.25. The number of H-pyrrole nitrogens is 1. The number of hydrogen-bond donors (Lipinski definition) is 1. The number of aromatic nitrogens is 2. The molecule has 6 nitrogen and oxygen atoms in total. The summed E-state index contributed by atoms with van der Waals surface area (Å²) in [6, 6.07) is 19.8. The number of nitrogens with zero attached hydrogens (tertiary/aromatic N) is 3. The van der Waals surface area contributed by atoms with Gasteiger partial charge in [0, 0.05) is 37.7 Å². The largest absolute Gasteiger partial charge is 0.343 e. The number of anilines is 1. The molecule has 6 heteroatoms. The van der Waals surface area contributed by atoms with Crippen molar-refractivity contribution in [1.29, 1.82) is 0 Å². The van der Waals surface area contributed by atoms with Crippen molar-refractivity contribution in [1.82, 2.24) is 15.1 Å². The van der Waals surface area contributed by atoms with E-state index in [2.05, 4.69) is 22.3 Å². The van der Waals surface area contributed by atoms with Crippen molar-refractivity contribution >= 4 is 17.5 Å². The zero-order valence-electron chi connectivity index (χ0n) is 18.5. The first-order valence-electron chi connectivity index (χ1n) is 11.4. The number of para-hydroxylation sites is 1. The predicted molar refractivity (Wildman–Crippen MR) is 126 cm³/mol. The van der Waals surface area contributed by atoms with Gasteiger partial charge in [-0.1, -0.05) is 48.5 Å². The molecule has 0 radical (unpaired) electrons. The highest BCUT2D eigenvalue weighted by Gasteiger charge is 2.29. The molecule has 0 saturated carbocycles. The van der Waals surface area contributed by atoms with Gasteiger partial charge in [0.1, 0.15) is 0 Å². The average molecular weight is 431 g/mol. The van der Waals surface area contributed by atoms with Crippen LogP contribution in [0.3, 0.4) is 0 Å². The number of likely N-dealkylation sites (tertiary alicyclic amines) is 1. The Hall–Kier alpha value is -3.41. The van der Waals surface area contributed by atoms with Crippen LogP contribution >= 0.6 is 0 Å². The summed E-state index contributed by atoms with van der Waals surface area (Å²) < 4.78 is 0. The molecular weight excluding hydrogens is 400 g/mol. The van der Waals surface area contributed by atoms with Crippen molar-refractivity contribution in [2.75, 3.05) is 24.5 Å². The molecule has 166 valence electrons. The molecule has 1 fully saturated rings. The summed E-state index contributed by atoms with van der Waals surface area (Å²) in [7, 11) is 0. The summed E-state index contributed by atoms with van der Waals surface area (Å²) in [6.45, 7) is 3.98. The molecule has 1 N–H and O–H groups in total. The van der Waals surface area contributed by atoms with Crippen LogP contribution in [0.15, 0.2) is 66.9 Å². The number of benzene rings is 2. The van der Waals surface area contributed by atoms with Gasteiger partial charge in [0.05, 0.1) is 17.5 Å². The van der Waals surface area contributed by atoms with Crippen molar-refractivity contribution in [3.8, 4) is 0 Å². The number of carbonyl (C=O) groups is 2. The van der Waals surface area contributed by atoms with Crippen LogP contribution in [-0.4, -0.2) is 46.5 Å². The molecule has 1 aliphatic rings. The van der Waals surface area contributed by atoms with Crippen LogP contribution in [0.1, 0.15) is 53.7 Å². The van der Waals surface area contributed by atoms with Crippen molar-refractivity contribution < 1.29 is 9.59 Å². The Kier molecular flexibility index (Phi) is 7.00. The second-order valence-electron chi connectivity index (χ2n) is 8.22. The second-order valence-corrected chi connectivity index (χ2v) is 8.22. The van der Waals surface area contributed by atoms with Gasteiger partial charge in [0.2, 0.25) is 5.91 Å². The number of rotatable bonds is 7. The maximum absolute atomic E-state index is 13.3. The number of carbonyl (C=O) groups excluding carboxylic acids is 2. The quantitative estimate of drug-likeness (QED) is 0.603. The zero-order chi connectivity index (χ0) is 22.3. The van der Waals surface area contributed by atoms with Crippen LogP contribution in [0.25, 0.3) is 0 Å². The SMILES string of the molecule is CCN(C(=O)c1cn[nH]c1C1CCN(C(=O)CCc2ccccc2)CC1)c1ccccc1. The van der Waals surface area contributed by atoms with Gasteiger partial charge < -0.3 is 9.80 Å². The monoisotopic (exact) mass is 430 g/mol. The summed E-state index contributed by atoms with van der Waals surface area (Å²) in [4.78, 5) is 29.7. The predicted octanol–water partition coefficient (Wildman–Crippen LogP) is 4.42. The van der Waals surface area contributed by atoms with E-state index in [0.29, 0.717) is 31.6 Å². The second kappa shape index (κ2) is 10.3. The Morgan fingerprint density at radius 3 is 2.34 bits per heavy atom. The first-order valence-corrected chi connectivity index (χ1v) is 11.4. The molecule has 32 heavy (non-hydrogen) atoms. The summed E-state index contributed by atoms with van der Waals surface area (Å²) in [5, 5.41) is 7.27. The molecule has 2 aromatic carbocycles. The molecular formula is C26H30N4O2. The summed E-state index contributed by atoms with van der Waals surface area (Å²) in [6.07, 6.45) is 4.60. The van der Waals surface area contributed by atoms with Crippen molar-refractivity contribution in [3.05, 3.63) is 83.7 Å². The molecule has 1 aliphatic heterocycles. The van der Waals surface area contributed by atoms with Crippen molar-refractivity contribution in [2.45, 2.75) is 38.5 Å². The fourth-order valence-corrected chi connectivity index (χ4v) is 4.45. The summed E-state index contributed by atoms with van der Waals surface area (Å²) in [5.41, 5.74) is 3.59. The van der Waals surface area contributed by atoms with Gasteiger partial charge in [-0.2, -0.15) is 5.10 Å².